The molecule has 2 aliphatic rings. The predicted molar refractivity (Wildman–Crippen MR) is 76.3 cm³/mol. The molecule has 1 aromatic rings. The van der Waals surface area contributed by atoms with Gasteiger partial charge in [-0.1, -0.05) is 0 Å². The average molecular weight is 261 g/mol. The average Bonchev–Trinajstić information content (AvgIpc) is 2.39. The summed E-state index contributed by atoms with van der Waals surface area (Å²) < 4.78 is 0. The second-order valence-corrected chi connectivity index (χ2v) is 5.79. The van der Waals surface area contributed by atoms with E-state index in [4.69, 9.17) is 0 Å². The maximum atomic E-state index is 4.35. The molecule has 1 aromatic heterocycles. The van der Waals surface area contributed by atoms with Crippen molar-refractivity contribution in [3.63, 3.8) is 0 Å². The maximum Gasteiger partial charge on any atom is 0.147 e. The largest absolute Gasteiger partial charge is 0.352 e. The molecule has 0 unspecified atom stereocenters. The Kier molecular flexibility index (Phi) is 3.66. The zero-order valence-corrected chi connectivity index (χ0v) is 11.9. The van der Waals surface area contributed by atoms with Gasteiger partial charge in [-0.2, -0.15) is 0 Å². The molecule has 2 saturated heterocycles. The summed E-state index contributed by atoms with van der Waals surface area (Å²) in [6.45, 7) is 11.6. The monoisotopic (exact) mass is 261 g/mol. The summed E-state index contributed by atoms with van der Waals surface area (Å²) in [5.41, 5.74) is 0. The van der Waals surface area contributed by atoms with Crippen LogP contribution in [0.25, 0.3) is 0 Å². The molecule has 3 rings (SSSR count). The minimum Gasteiger partial charge on any atom is -0.352 e. The van der Waals surface area contributed by atoms with Crippen molar-refractivity contribution in [2.45, 2.75) is 25.9 Å². The fourth-order valence-corrected chi connectivity index (χ4v) is 2.95. The summed E-state index contributed by atoms with van der Waals surface area (Å²) >= 11 is 0. The minimum absolute atomic E-state index is 0.680. The van der Waals surface area contributed by atoms with Crippen LogP contribution in [0.4, 0.5) is 5.82 Å². The third-order valence-corrected chi connectivity index (χ3v) is 4.33. The Morgan fingerprint density at radius 1 is 1.11 bits per heavy atom. The predicted octanol–water partition coefficient (Wildman–Crippen LogP) is 0.691. The van der Waals surface area contributed by atoms with Gasteiger partial charge in [-0.15, -0.1) is 0 Å². The smallest absolute Gasteiger partial charge is 0.147 e. The van der Waals surface area contributed by atoms with Crippen molar-refractivity contribution in [3.05, 3.63) is 18.6 Å². The van der Waals surface area contributed by atoms with E-state index in [2.05, 4.69) is 38.5 Å². The van der Waals surface area contributed by atoms with E-state index in [0.717, 1.165) is 18.9 Å². The van der Waals surface area contributed by atoms with Gasteiger partial charge in [-0.05, 0) is 13.8 Å². The molecule has 19 heavy (non-hydrogen) atoms. The first kappa shape index (κ1) is 12.8. The first-order chi connectivity index (χ1) is 9.24. The molecule has 3 heterocycles. The van der Waals surface area contributed by atoms with Crippen LogP contribution in [0, 0.1) is 0 Å². The maximum absolute atomic E-state index is 4.35. The Morgan fingerprint density at radius 3 is 2.42 bits per heavy atom. The van der Waals surface area contributed by atoms with Crippen LogP contribution in [0.15, 0.2) is 18.6 Å². The van der Waals surface area contributed by atoms with Crippen LogP contribution in [0.5, 0.6) is 0 Å². The van der Waals surface area contributed by atoms with Gasteiger partial charge in [0.25, 0.3) is 0 Å². The molecule has 0 aliphatic carbocycles. The van der Waals surface area contributed by atoms with Gasteiger partial charge in [-0.3, -0.25) is 14.8 Å². The molecule has 104 valence electrons. The first-order valence-electron chi connectivity index (χ1n) is 7.23. The Morgan fingerprint density at radius 2 is 1.84 bits per heavy atom. The van der Waals surface area contributed by atoms with Gasteiger partial charge < -0.3 is 4.90 Å². The normalized spacial score (nSPS) is 22.8. The van der Waals surface area contributed by atoms with Crippen LogP contribution in [0.2, 0.25) is 0 Å². The van der Waals surface area contributed by atoms with Gasteiger partial charge in [-0.25, -0.2) is 4.98 Å². The van der Waals surface area contributed by atoms with Crippen molar-refractivity contribution in [1.29, 1.82) is 0 Å². The second-order valence-electron chi connectivity index (χ2n) is 5.79. The quantitative estimate of drug-likeness (QED) is 0.800. The lowest BCUT2D eigenvalue weighted by molar-refractivity contribution is 0.0676. The lowest BCUT2D eigenvalue weighted by Gasteiger charge is -2.49. The van der Waals surface area contributed by atoms with Crippen LogP contribution in [-0.4, -0.2) is 71.1 Å². The van der Waals surface area contributed by atoms with Crippen molar-refractivity contribution in [3.8, 4) is 0 Å². The number of nitrogens with zero attached hydrogens (tertiary/aromatic N) is 5. The molecule has 0 N–H and O–H groups in total. The molecular weight excluding hydrogens is 238 g/mol. The van der Waals surface area contributed by atoms with E-state index in [1.54, 1.807) is 12.4 Å². The van der Waals surface area contributed by atoms with Crippen LogP contribution in [0.3, 0.4) is 0 Å². The fraction of sp³-hybridized carbons (Fsp3) is 0.714. The molecule has 0 aromatic carbocycles. The number of piperazine rings is 1. The minimum atomic E-state index is 0.680. The van der Waals surface area contributed by atoms with Gasteiger partial charge >= 0.3 is 0 Å². The van der Waals surface area contributed by atoms with E-state index in [1.165, 1.54) is 26.2 Å². The number of rotatable bonds is 3. The highest BCUT2D eigenvalue weighted by atomic mass is 15.4. The molecular formula is C14H23N5. The molecule has 5 nitrogen and oxygen atoms in total. The topological polar surface area (TPSA) is 35.5 Å². The molecule has 0 spiro atoms. The molecule has 0 saturated carbocycles. The molecule has 0 bridgehead atoms. The van der Waals surface area contributed by atoms with E-state index in [9.17, 15) is 0 Å². The van der Waals surface area contributed by atoms with Crippen LogP contribution >= 0.6 is 0 Å². The van der Waals surface area contributed by atoms with Crippen LogP contribution in [0.1, 0.15) is 13.8 Å². The lowest BCUT2D eigenvalue weighted by Crippen LogP contribution is -2.63. The Bertz CT molecular complexity index is 394. The van der Waals surface area contributed by atoms with E-state index in [0.29, 0.717) is 12.1 Å². The van der Waals surface area contributed by atoms with E-state index >= 15 is 0 Å². The van der Waals surface area contributed by atoms with Crippen molar-refractivity contribution in [2.24, 2.45) is 0 Å². The van der Waals surface area contributed by atoms with Gasteiger partial charge in [0.15, 0.2) is 0 Å². The van der Waals surface area contributed by atoms with Gasteiger partial charge in [0.05, 0.1) is 6.20 Å². The third-order valence-electron chi connectivity index (χ3n) is 4.33. The summed E-state index contributed by atoms with van der Waals surface area (Å²) in [4.78, 5) is 16.0. The second kappa shape index (κ2) is 5.43. The zero-order chi connectivity index (χ0) is 13.2. The molecule has 5 heteroatoms. The van der Waals surface area contributed by atoms with E-state index < -0.39 is 0 Å². The highest BCUT2D eigenvalue weighted by Crippen LogP contribution is 2.22. The number of hydrogen-bond donors (Lipinski definition) is 0. The highest BCUT2D eigenvalue weighted by molar-refractivity contribution is 5.39. The molecule has 2 aliphatic heterocycles. The van der Waals surface area contributed by atoms with Crippen molar-refractivity contribution in [2.75, 3.05) is 44.2 Å². The van der Waals surface area contributed by atoms with Crippen molar-refractivity contribution in [1.82, 2.24) is 19.8 Å². The van der Waals surface area contributed by atoms with Gasteiger partial charge in [0, 0.05) is 63.7 Å². The van der Waals surface area contributed by atoms with Crippen LogP contribution in [-0.2, 0) is 0 Å². The Hall–Kier alpha value is -1.20. The molecule has 0 atom stereocenters. The number of aromatic nitrogens is 2. The highest BCUT2D eigenvalue weighted by Gasteiger charge is 2.34. The van der Waals surface area contributed by atoms with Gasteiger partial charge in [0.1, 0.15) is 5.82 Å². The van der Waals surface area contributed by atoms with Crippen molar-refractivity contribution < 1.29 is 0 Å². The summed E-state index contributed by atoms with van der Waals surface area (Å²) in [7, 11) is 0. The summed E-state index contributed by atoms with van der Waals surface area (Å²) in [6, 6.07) is 1.39. The SMILES string of the molecule is CC(C)N1CCN(C2CN(c3cnccn3)C2)CC1. The molecule has 0 radical (unpaired) electrons. The van der Waals surface area contributed by atoms with Gasteiger partial charge in [0.2, 0.25) is 0 Å². The Balaban J connectivity index is 1.47. The summed E-state index contributed by atoms with van der Waals surface area (Å²) in [5.74, 6) is 1.01. The third kappa shape index (κ3) is 2.72. The number of anilines is 1. The zero-order valence-electron chi connectivity index (χ0n) is 11.9. The standard InChI is InChI=1S/C14H23N5/c1-12(2)17-5-7-18(8-6-17)13-10-19(11-13)14-9-15-3-4-16-14/h3-4,9,12-13H,5-8,10-11H2,1-2H3. The summed E-state index contributed by atoms with van der Waals surface area (Å²) in [5, 5.41) is 0. The lowest BCUT2D eigenvalue weighted by atomic mass is 10.1. The van der Waals surface area contributed by atoms with E-state index in [1.807, 2.05) is 6.20 Å². The summed E-state index contributed by atoms with van der Waals surface area (Å²) in [6.07, 6.45) is 5.35. The Labute approximate surface area is 115 Å². The van der Waals surface area contributed by atoms with E-state index in [-0.39, 0.29) is 0 Å². The molecule has 0 amide bonds. The first-order valence-corrected chi connectivity index (χ1v) is 7.23. The fourth-order valence-electron chi connectivity index (χ4n) is 2.95. The van der Waals surface area contributed by atoms with Crippen molar-refractivity contribution >= 4 is 5.82 Å². The van der Waals surface area contributed by atoms with Crippen LogP contribution < -0.4 is 4.90 Å². The molecule has 2 fully saturated rings. The number of hydrogen-bond acceptors (Lipinski definition) is 5.